The molecule has 1 unspecified atom stereocenters. The maximum atomic E-state index is 5.51. The molecule has 0 bridgehead atoms. The summed E-state index contributed by atoms with van der Waals surface area (Å²) in [5, 5.41) is 3.40. The van der Waals surface area contributed by atoms with Crippen LogP contribution < -0.4 is 10.2 Å². The number of nitrogens with one attached hydrogen (secondary N) is 1. The summed E-state index contributed by atoms with van der Waals surface area (Å²) in [5.74, 6) is 0. The molecule has 1 aromatic rings. The van der Waals surface area contributed by atoms with Gasteiger partial charge in [-0.1, -0.05) is 0 Å². The van der Waals surface area contributed by atoms with E-state index < -0.39 is 0 Å². The van der Waals surface area contributed by atoms with Crippen LogP contribution in [0.5, 0.6) is 0 Å². The third kappa shape index (κ3) is 3.41. The third-order valence-electron chi connectivity index (χ3n) is 2.94. The van der Waals surface area contributed by atoms with Gasteiger partial charge in [-0.2, -0.15) is 0 Å². The molecule has 1 heterocycles. The van der Waals surface area contributed by atoms with Crippen LogP contribution in [0.25, 0.3) is 0 Å². The van der Waals surface area contributed by atoms with E-state index in [-0.39, 0.29) is 0 Å². The molecule has 1 aliphatic heterocycles. The lowest BCUT2D eigenvalue weighted by Gasteiger charge is -2.20. The summed E-state index contributed by atoms with van der Waals surface area (Å²) in [6.45, 7) is 0.867. The van der Waals surface area contributed by atoms with Crippen molar-refractivity contribution >= 4 is 11.4 Å². The van der Waals surface area contributed by atoms with Crippen molar-refractivity contribution in [2.75, 3.05) is 30.9 Å². The first-order valence-corrected chi connectivity index (χ1v) is 6.07. The first-order valence-electron chi connectivity index (χ1n) is 6.07. The van der Waals surface area contributed by atoms with Gasteiger partial charge in [0.1, 0.15) is 6.10 Å². The smallest absolute Gasteiger partial charge is 0.115 e. The van der Waals surface area contributed by atoms with E-state index in [1.807, 2.05) is 20.4 Å². The van der Waals surface area contributed by atoms with Crippen molar-refractivity contribution in [3.63, 3.8) is 0 Å². The molecular formula is C14H20N2O. The van der Waals surface area contributed by atoms with Gasteiger partial charge >= 0.3 is 0 Å². The van der Waals surface area contributed by atoms with E-state index in [1.54, 1.807) is 0 Å². The first kappa shape index (κ1) is 11.8. The van der Waals surface area contributed by atoms with Gasteiger partial charge in [-0.15, -0.1) is 0 Å². The average Bonchev–Trinajstić information content (AvgIpc) is 2.38. The van der Waals surface area contributed by atoms with Crippen LogP contribution in [0.2, 0.25) is 0 Å². The number of nitrogens with zero attached hydrogens (tertiary/aromatic N) is 1. The van der Waals surface area contributed by atoms with Gasteiger partial charge in [0, 0.05) is 25.5 Å². The number of rotatable bonds is 4. The molecule has 1 N–H and O–H groups in total. The van der Waals surface area contributed by atoms with Crippen LogP contribution in [0.3, 0.4) is 0 Å². The van der Waals surface area contributed by atoms with E-state index in [4.69, 9.17) is 4.74 Å². The molecule has 0 amide bonds. The molecule has 0 fully saturated rings. The van der Waals surface area contributed by atoms with Gasteiger partial charge in [-0.3, -0.25) is 0 Å². The van der Waals surface area contributed by atoms with Gasteiger partial charge in [0.15, 0.2) is 0 Å². The Morgan fingerprint density at radius 3 is 2.65 bits per heavy atom. The van der Waals surface area contributed by atoms with Gasteiger partial charge in [-0.25, -0.2) is 0 Å². The lowest BCUT2D eigenvalue weighted by molar-refractivity contribution is 0.135. The quantitative estimate of drug-likeness (QED) is 0.864. The van der Waals surface area contributed by atoms with E-state index in [9.17, 15) is 0 Å². The van der Waals surface area contributed by atoms with Crippen LogP contribution >= 0.6 is 0 Å². The van der Waals surface area contributed by atoms with Gasteiger partial charge in [0.05, 0.1) is 12.8 Å². The van der Waals surface area contributed by atoms with Crippen LogP contribution in [0.1, 0.15) is 12.8 Å². The zero-order valence-electron chi connectivity index (χ0n) is 10.5. The Morgan fingerprint density at radius 1 is 1.29 bits per heavy atom. The highest BCUT2D eigenvalue weighted by Gasteiger charge is 2.10. The SMILES string of the molecule is CN(C)c1ccc(NCC2CCC=CO2)cc1. The molecule has 0 aliphatic carbocycles. The fourth-order valence-corrected chi connectivity index (χ4v) is 1.84. The molecule has 92 valence electrons. The van der Waals surface area contributed by atoms with Crippen LogP contribution in [0.4, 0.5) is 11.4 Å². The van der Waals surface area contributed by atoms with E-state index >= 15 is 0 Å². The second-order valence-corrected chi connectivity index (χ2v) is 4.53. The third-order valence-corrected chi connectivity index (χ3v) is 2.94. The summed E-state index contributed by atoms with van der Waals surface area (Å²) < 4.78 is 5.51. The lowest BCUT2D eigenvalue weighted by Crippen LogP contribution is -2.22. The highest BCUT2D eigenvalue weighted by Crippen LogP contribution is 2.17. The highest BCUT2D eigenvalue weighted by molar-refractivity contribution is 5.54. The fraction of sp³-hybridized carbons (Fsp3) is 0.429. The molecule has 3 nitrogen and oxygen atoms in total. The van der Waals surface area contributed by atoms with E-state index in [0.29, 0.717) is 6.10 Å². The highest BCUT2D eigenvalue weighted by atomic mass is 16.5. The van der Waals surface area contributed by atoms with Crippen LogP contribution in [0.15, 0.2) is 36.6 Å². The number of benzene rings is 1. The van der Waals surface area contributed by atoms with Crippen molar-refractivity contribution in [3.8, 4) is 0 Å². The Balaban J connectivity index is 1.84. The second kappa shape index (κ2) is 5.62. The zero-order valence-corrected chi connectivity index (χ0v) is 10.5. The number of hydrogen-bond acceptors (Lipinski definition) is 3. The molecule has 1 aromatic carbocycles. The Labute approximate surface area is 103 Å². The van der Waals surface area contributed by atoms with Gasteiger partial charge in [0.2, 0.25) is 0 Å². The summed E-state index contributed by atoms with van der Waals surface area (Å²) >= 11 is 0. The maximum absolute atomic E-state index is 5.51. The molecule has 0 radical (unpaired) electrons. The minimum atomic E-state index is 0.300. The predicted molar refractivity (Wildman–Crippen MR) is 72.5 cm³/mol. The molecule has 0 aromatic heterocycles. The molecule has 2 rings (SSSR count). The Kier molecular flexibility index (Phi) is 3.91. The molecule has 1 aliphatic rings. The van der Waals surface area contributed by atoms with Crippen molar-refractivity contribution < 1.29 is 4.74 Å². The largest absolute Gasteiger partial charge is 0.497 e. The number of hydrogen-bond donors (Lipinski definition) is 1. The average molecular weight is 232 g/mol. The molecule has 0 saturated carbocycles. The van der Waals surface area contributed by atoms with E-state index in [1.165, 1.54) is 5.69 Å². The number of anilines is 2. The summed E-state index contributed by atoms with van der Waals surface area (Å²) in [5.41, 5.74) is 2.36. The summed E-state index contributed by atoms with van der Waals surface area (Å²) in [7, 11) is 4.09. The van der Waals surface area contributed by atoms with Crippen molar-refractivity contribution in [1.82, 2.24) is 0 Å². The van der Waals surface area contributed by atoms with Crippen molar-refractivity contribution in [2.45, 2.75) is 18.9 Å². The van der Waals surface area contributed by atoms with Crippen molar-refractivity contribution in [3.05, 3.63) is 36.6 Å². The molecular weight excluding hydrogens is 212 g/mol. The molecule has 3 heteroatoms. The molecule has 17 heavy (non-hydrogen) atoms. The zero-order chi connectivity index (χ0) is 12.1. The van der Waals surface area contributed by atoms with Crippen LogP contribution in [-0.2, 0) is 4.74 Å². The summed E-state index contributed by atoms with van der Waals surface area (Å²) in [6.07, 6.45) is 6.40. The summed E-state index contributed by atoms with van der Waals surface area (Å²) in [4.78, 5) is 2.10. The predicted octanol–water partition coefficient (Wildman–Crippen LogP) is 2.86. The van der Waals surface area contributed by atoms with Gasteiger partial charge in [0.25, 0.3) is 0 Å². The minimum absolute atomic E-state index is 0.300. The molecule has 0 saturated heterocycles. The Bertz CT molecular complexity index is 370. The monoisotopic (exact) mass is 232 g/mol. The topological polar surface area (TPSA) is 24.5 Å². The lowest BCUT2D eigenvalue weighted by atomic mass is 10.1. The van der Waals surface area contributed by atoms with Gasteiger partial charge < -0.3 is 15.0 Å². The van der Waals surface area contributed by atoms with Crippen LogP contribution in [-0.4, -0.2) is 26.7 Å². The van der Waals surface area contributed by atoms with E-state index in [0.717, 1.165) is 25.1 Å². The normalized spacial score (nSPS) is 18.6. The summed E-state index contributed by atoms with van der Waals surface area (Å²) in [6, 6.07) is 8.44. The Morgan fingerprint density at radius 2 is 2.06 bits per heavy atom. The minimum Gasteiger partial charge on any atom is -0.497 e. The molecule has 0 spiro atoms. The molecule has 1 atom stereocenters. The Hall–Kier alpha value is -1.64. The van der Waals surface area contributed by atoms with Crippen molar-refractivity contribution in [1.29, 1.82) is 0 Å². The number of allylic oxidation sites excluding steroid dienone is 1. The standard InChI is InChI=1S/C14H20N2O/c1-16(2)13-8-6-12(7-9-13)15-11-14-5-3-4-10-17-14/h4,6-10,14-15H,3,5,11H2,1-2H3. The fourth-order valence-electron chi connectivity index (χ4n) is 1.84. The first-order chi connectivity index (χ1) is 8.25. The number of ether oxygens (including phenoxy) is 1. The van der Waals surface area contributed by atoms with Gasteiger partial charge in [-0.05, 0) is 43.2 Å². The maximum Gasteiger partial charge on any atom is 0.115 e. The van der Waals surface area contributed by atoms with E-state index in [2.05, 4.69) is 40.6 Å². The van der Waals surface area contributed by atoms with Crippen molar-refractivity contribution in [2.24, 2.45) is 0 Å². The second-order valence-electron chi connectivity index (χ2n) is 4.53. The van der Waals surface area contributed by atoms with Crippen LogP contribution in [0, 0.1) is 0 Å².